The molecular weight excluding hydrogens is 358 g/mol. The molecule has 0 saturated heterocycles. The van der Waals surface area contributed by atoms with E-state index in [0.717, 1.165) is 17.9 Å². The number of fused-ring (bicyclic) bond motifs is 1. The Morgan fingerprint density at radius 2 is 2.21 bits per heavy atom. The van der Waals surface area contributed by atoms with Crippen LogP contribution in [0.1, 0.15) is 38.3 Å². The van der Waals surface area contributed by atoms with Crippen molar-refractivity contribution < 1.29 is 5.11 Å². The van der Waals surface area contributed by atoms with Gasteiger partial charge in [0, 0.05) is 23.9 Å². The van der Waals surface area contributed by atoms with Gasteiger partial charge in [0.15, 0.2) is 11.1 Å². The van der Waals surface area contributed by atoms with Crippen LogP contribution in [0.15, 0.2) is 22.1 Å². The third-order valence-electron chi connectivity index (χ3n) is 5.43. The molecule has 0 radical (unpaired) electrons. The van der Waals surface area contributed by atoms with Crippen LogP contribution >= 0.6 is 0 Å². The smallest absolute Gasteiger partial charge is 0.326 e. The largest absolute Gasteiger partial charge is 0.493 e. The highest BCUT2D eigenvalue weighted by atomic mass is 16.3. The number of H-pyrrole nitrogens is 2. The molecule has 2 aliphatic rings. The molecular formula is C19H23N7O2. The van der Waals surface area contributed by atoms with E-state index < -0.39 is 5.69 Å². The number of aromatic amines is 2. The predicted molar refractivity (Wildman–Crippen MR) is 104 cm³/mol. The van der Waals surface area contributed by atoms with Crippen LogP contribution in [-0.4, -0.2) is 42.3 Å². The standard InChI is InChI=1S/C19H23N7O2/c1-10(12-4-5-12)22-15-7-16(20-8-11-2-3-11)26-17(24-15)13(9-21-26)6-14-18(27)25-19(28)23-14/h6-7,9-12,22,27H,2-5,8H2,1H3,(H2,23,25,28). The fraction of sp³-hybridized carbons (Fsp3) is 0.474. The van der Waals surface area contributed by atoms with Gasteiger partial charge in [0.05, 0.1) is 6.20 Å². The van der Waals surface area contributed by atoms with Crippen molar-refractivity contribution in [2.45, 2.75) is 38.6 Å². The molecule has 2 aliphatic carbocycles. The minimum atomic E-state index is -0.464. The minimum Gasteiger partial charge on any atom is -0.493 e. The number of aromatic hydroxyl groups is 1. The van der Waals surface area contributed by atoms with Crippen molar-refractivity contribution in [3.05, 3.63) is 39.1 Å². The monoisotopic (exact) mass is 381 g/mol. The van der Waals surface area contributed by atoms with Crippen molar-refractivity contribution in [3.8, 4) is 5.88 Å². The molecule has 3 aromatic heterocycles. The Morgan fingerprint density at radius 3 is 2.89 bits per heavy atom. The quantitative estimate of drug-likeness (QED) is 0.496. The Balaban J connectivity index is 1.63. The third kappa shape index (κ3) is 3.39. The van der Waals surface area contributed by atoms with Crippen molar-refractivity contribution >= 4 is 17.5 Å². The fourth-order valence-electron chi connectivity index (χ4n) is 3.37. The predicted octanol–water partition coefficient (Wildman–Crippen LogP) is 0.520. The maximum Gasteiger partial charge on any atom is 0.326 e. The van der Waals surface area contributed by atoms with E-state index in [9.17, 15) is 9.90 Å². The lowest BCUT2D eigenvalue weighted by Gasteiger charge is -2.13. The van der Waals surface area contributed by atoms with Gasteiger partial charge < -0.3 is 15.4 Å². The molecule has 1 unspecified atom stereocenters. The summed E-state index contributed by atoms with van der Waals surface area (Å²) in [6.45, 7) is 2.97. The second kappa shape index (κ2) is 6.50. The van der Waals surface area contributed by atoms with Crippen molar-refractivity contribution in [2.75, 3.05) is 11.9 Å². The van der Waals surface area contributed by atoms with E-state index in [1.54, 1.807) is 16.8 Å². The van der Waals surface area contributed by atoms with Crippen LogP contribution in [0.25, 0.3) is 11.7 Å². The lowest BCUT2D eigenvalue weighted by molar-refractivity contribution is 0.454. The Bertz CT molecular complexity index is 1200. The molecule has 146 valence electrons. The molecule has 0 bridgehead atoms. The van der Waals surface area contributed by atoms with Gasteiger partial charge in [-0.3, -0.25) is 9.98 Å². The normalized spacial score (nSPS) is 19.5. The number of nitrogens with one attached hydrogen (secondary N) is 3. The summed E-state index contributed by atoms with van der Waals surface area (Å²) in [5.74, 6) is 1.93. The molecule has 5 rings (SSSR count). The number of aromatic nitrogens is 5. The van der Waals surface area contributed by atoms with E-state index in [4.69, 9.17) is 9.98 Å². The van der Waals surface area contributed by atoms with Gasteiger partial charge in [-0.05, 0) is 50.5 Å². The fourth-order valence-corrected chi connectivity index (χ4v) is 3.37. The second-order valence-electron chi connectivity index (χ2n) is 7.88. The second-order valence-corrected chi connectivity index (χ2v) is 7.88. The summed E-state index contributed by atoms with van der Waals surface area (Å²) in [6, 6.07) is 2.30. The molecule has 0 amide bonds. The third-order valence-corrected chi connectivity index (χ3v) is 5.43. The van der Waals surface area contributed by atoms with E-state index in [1.165, 1.54) is 25.7 Å². The molecule has 3 heterocycles. The van der Waals surface area contributed by atoms with Gasteiger partial charge in [0.25, 0.3) is 0 Å². The average Bonchev–Trinajstić information content (AvgIpc) is 3.57. The van der Waals surface area contributed by atoms with Crippen LogP contribution in [0.4, 0.5) is 5.82 Å². The molecule has 0 aliphatic heterocycles. The van der Waals surface area contributed by atoms with Gasteiger partial charge in [-0.25, -0.2) is 9.78 Å². The summed E-state index contributed by atoms with van der Waals surface area (Å²) in [7, 11) is 0. The average molecular weight is 381 g/mol. The minimum absolute atomic E-state index is 0.209. The first kappa shape index (κ1) is 17.0. The SMILES string of the molecule is CC(Nc1cc(=NCC2CC2)n2ncc(=Cc3[nH]c(=O)[nH]c3O)c2n1)C1CC1. The molecule has 9 nitrogen and oxygen atoms in total. The topological polar surface area (TPSA) is 123 Å². The zero-order chi connectivity index (χ0) is 19.3. The Kier molecular flexibility index (Phi) is 3.96. The number of hydrogen-bond donors (Lipinski definition) is 4. The number of imidazole rings is 1. The van der Waals surface area contributed by atoms with Gasteiger partial charge in [0.1, 0.15) is 11.5 Å². The maximum atomic E-state index is 11.4. The van der Waals surface area contributed by atoms with E-state index in [2.05, 4.69) is 27.3 Å². The molecule has 4 N–H and O–H groups in total. The zero-order valence-electron chi connectivity index (χ0n) is 15.6. The first-order chi connectivity index (χ1) is 13.6. The van der Waals surface area contributed by atoms with Gasteiger partial charge in [-0.2, -0.15) is 9.61 Å². The zero-order valence-corrected chi connectivity index (χ0v) is 15.6. The van der Waals surface area contributed by atoms with Crippen LogP contribution in [-0.2, 0) is 0 Å². The lowest BCUT2D eigenvalue weighted by Crippen LogP contribution is -2.24. The number of rotatable bonds is 6. The molecule has 3 aromatic rings. The molecule has 2 fully saturated rings. The summed E-state index contributed by atoms with van der Waals surface area (Å²) in [5.41, 5.74) is 1.22. The van der Waals surface area contributed by atoms with E-state index >= 15 is 0 Å². The first-order valence-electron chi connectivity index (χ1n) is 9.75. The maximum absolute atomic E-state index is 11.4. The van der Waals surface area contributed by atoms with Crippen LogP contribution in [0.2, 0.25) is 0 Å². The Labute approximate surface area is 160 Å². The number of hydrogen-bond acceptors (Lipinski definition) is 6. The van der Waals surface area contributed by atoms with Crippen LogP contribution < -0.4 is 21.7 Å². The summed E-state index contributed by atoms with van der Waals surface area (Å²) >= 11 is 0. The van der Waals surface area contributed by atoms with Gasteiger partial charge in [0.2, 0.25) is 5.88 Å². The molecule has 9 heteroatoms. The summed E-state index contributed by atoms with van der Waals surface area (Å²) in [4.78, 5) is 25.8. The molecule has 2 saturated carbocycles. The molecule has 1 atom stereocenters. The van der Waals surface area contributed by atoms with Crippen molar-refractivity contribution in [3.63, 3.8) is 0 Å². The highest BCUT2D eigenvalue weighted by Gasteiger charge is 2.28. The highest BCUT2D eigenvalue weighted by molar-refractivity contribution is 5.58. The number of anilines is 1. The Morgan fingerprint density at radius 1 is 1.39 bits per heavy atom. The number of nitrogens with zero attached hydrogens (tertiary/aromatic N) is 4. The van der Waals surface area contributed by atoms with Crippen LogP contribution in [0, 0.1) is 11.8 Å². The lowest BCUT2D eigenvalue weighted by atomic mass is 10.2. The van der Waals surface area contributed by atoms with Crippen LogP contribution in [0.5, 0.6) is 5.88 Å². The molecule has 0 spiro atoms. The van der Waals surface area contributed by atoms with Gasteiger partial charge in [-0.1, -0.05) is 0 Å². The summed E-state index contributed by atoms with van der Waals surface area (Å²) < 4.78 is 1.71. The van der Waals surface area contributed by atoms with Gasteiger partial charge >= 0.3 is 5.69 Å². The molecule has 28 heavy (non-hydrogen) atoms. The van der Waals surface area contributed by atoms with E-state index in [-0.39, 0.29) is 5.88 Å². The Hall–Kier alpha value is -3.10. The van der Waals surface area contributed by atoms with Crippen molar-refractivity contribution in [1.29, 1.82) is 0 Å². The van der Waals surface area contributed by atoms with Crippen molar-refractivity contribution in [2.24, 2.45) is 16.8 Å². The van der Waals surface area contributed by atoms with E-state index in [0.29, 0.717) is 34.4 Å². The summed E-state index contributed by atoms with van der Waals surface area (Å²) in [5, 5.41) is 18.5. The van der Waals surface area contributed by atoms with Crippen LogP contribution in [0.3, 0.4) is 0 Å². The molecule has 0 aromatic carbocycles. The van der Waals surface area contributed by atoms with Crippen molar-refractivity contribution in [1.82, 2.24) is 24.6 Å². The summed E-state index contributed by atoms with van der Waals surface area (Å²) in [6.07, 6.45) is 8.29. The first-order valence-corrected chi connectivity index (χ1v) is 9.75. The van der Waals surface area contributed by atoms with Gasteiger partial charge in [-0.15, -0.1) is 0 Å². The van der Waals surface area contributed by atoms with E-state index in [1.807, 2.05) is 6.07 Å². The highest BCUT2D eigenvalue weighted by Crippen LogP contribution is 2.33.